The molecule has 8 heteroatoms. The zero-order valence-electron chi connectivity index (χ0n) is 17.3. The number of guanidine groups is 1. The number of hydrogen-bond donors (Lipinski definition) is 2. The van der Waals surface area contributed by atoms with Crippen LogP contribution in [-0.4, -0.2) is 51.0 Å². The molecule has 0 fully saturated rings. The zero-order chi connectivity index (χ0) is 20.0. The van der Waals surface area contributed by atoms with Crippen molar-refractivity contribution in [2.45, 2.75) is 20.4 Å². The first-order chi connectivity index (χ1) is 13.7. The van der Waals surface area contributed by atoms with E-state index in [1.807, 2.05) is 25.1 Å². The second-order valence-electron chi connectivity index (χ2n) is 6.05. The number of rotatable bonds is 11. The van der Waals surface area contributed by atoms with Crippen molar-refractivity contribution in [2.75, 3.05) is 40.0 Å². The summed E-state index contributed by atoms with van der Waals surface area (Å²) in [6.45, 7) is 7.58. The van der Waals surface area contributed by atoms with Crippen molar-refractivity contribution in [1.82, 2.24) is 15.6 Å². The molecule has 0 atom stereocenters. The Morgan fingerprint density at radius 3 is 2.69 bits per heavy atom. The maximum absolute atomic E-state index is 5.88. The third kappa shape index (κ3) is 9.80. The lowest BCUT2D eigenvalue weighted by atomic mass is 10.1. The fourth-order valence-corrected chi connectivity index (χ4v) is 2.47. The van der Waals surface area contributed by atoms with Crippen molar-refractivity contribution >= 4 is 29.9 Å². The number of aromatic nitrogens is 1. The van der Waals surface area contributed by atoms with Gasteiger partial charge in [0.1, 0.15) is 24.7 Å². The summed E-state index contributed by atoms with van der Waals surface area (Å²) in [5.74, 6) is 2.32. The van der Waals surface area contributed by atoms with Gasteiger partial charge in [-0.25, -0.2) is 0 Å². The molecule has 2 aromatic rings. The standard InChI is InChI=1S/C21H30N4O3.HI/c1-4-26-12-13-28-20-14-17(2)7-8-18(20)15-25-21(22-3)24-10-11-27-19-6-5-9-23-16-19;/h5-9,14,16H,4,10-13,15H2,1-3H3,(H2,22,24,25);1H. The van der Waals surface area contributed by atoms with Crippen LogP contribution in [0.4, 0.5) is 0 Å². The molecule has 2 rings (SSSR count). The molecular formula is C21H31IN4O3. The molecule has 0 unspecified atom stereocenters. The monoisotopic (exact) mass is 514 g/mol. The van der Waals surface area contributed by atoms with Crippen LogP contribution in [0.15, 0.2) is 47.7 Å². The average Bonchev–Trinajstić information content (AvgIpc) is 2.72. The first-order valence-electron chi connectivity index (χ1n) is 9.50. The smallest absolute Gasteiger partial charge is 0.191 e. The van der Waals surface area contributed by atoms with E-state index >= 15 is 0 Å². The third-order valence-corrected chi connectivity index (χ3v) is 3.88. The van der Waals surface area contributed by atoms with Crippen molar-refractivity contribution in [1.29, 1.82) is 0 Å². The Morgan fingerprint density at radius 2 is 1.97 bits per heavy atom. The van der Waals surface area contributed by atoms with Crippen LogP contribution < -0.4 is 20.1 Å². The molecule has 0 spiro atoms. The van der Waals surface area contributed by atoms with Crippen molar-refractivity contribution in [3.05, 3.63) is 53.9 Å². The molecule has 0 bridgehead atoms. The van der Waals surface area contributed by atoms with Crippen molar-refractivity contribution in [2.24, 2.45) is 4.99 Å². The number of aryl methyl sites for hydroxylation is 1. The molecule has 0 aliphatic rings. The summed E-state index contributed by atoms with van der Waals surface area (Å²) >= 11 is 0. The Balaban J connectivity index is 0.00000420. The molecule has 0 amide bonds. The van der Waals surface area contributed by atoms with Gasteiger partial charge in [-0.15, -0.1) is 24.0 Å². The van der Waals surface area contributed by atoms with E-state index in [9.17, 15) is 0 Å². The summed E-state index contributed by atoms with van der Waals surface area (Å²) < 4.78 is 16.8. The number of benzene rings is 1. The third-order valence-electron chi connectivity index (χ3n) is 3.88. The number of nitrogens with zero attached hydrogens (tertiary/aromatic N) is 2. The Labute approximate surface area is 190 Å². The lowest BCUT2D eigenvalue weighted by Gasteiger charge is -2.15. The number of hydrogen-bond acceptors (Lipinski definition) is 5. The highest BCUT2D eigenvalue weighted by molar-refractivity contribution is 14.0. The second-order valence-corrected chi connectivity index (χ2v) is 6.05. The van der Waals surface area contributed by atoms with Crippen LogP contribution in [0.2, 0.25) is 0 Å². The molecule has 0 aliphatic heterocycles. The first kappa shape index (κ1) is 25.0. The molecule has 1 heterocycles. The maximum atomic E-state index is 5.88. The SMILES string of the molecule is CCOCCOc1cc(C)ccc1CNC(=NC)NCCOc1cccnc1.I. The highest BCUT2D eigenvalue weighted by atomic mass is 127. The van der Waals surface area contributed by atoms with Crippen LogP contribution in [-0.2, 0) is 11.3 Å². The quantitative estimate of drug-likeness (QED) is 0.208. The van der Waals surface area contributed by atoms with Gasteiger partial charge in [-0.2, -0.15) is 0 Å². The molecule has 0 saturated carbocycles. The molecule has 2 N–H and O–H groups in total. The largest absolute Gasteiger partial charge is 0.491 e. The predicted octanol–water partition coefficient (Wildman–Crippen LogP) is 3.17. The minimum absolute atomic E-state index is 0. The van der Waals surface area contributed by atoms with Crippen LogP contribution in [0.5, 0.6) is 11.5 Å². The molecule has 29 heavy (non-hydrogen) atoms. The van der Waals surface area contributed by atoms with Gasteiger partial charge in [0, 0.05) is 32.0 Å². The molecular weight excluding hydrogens is 483 g/mol. The highest BCUT2D eigenvalue weighted by Gasteiger charge is 2.06. The summed E-state index contributed by atoms with van der Waals surface area (Å²) in [5, 5.41) is 6.54. The number of aliphatic imine (C=N–C) groups is 1. The Bertz CT molecular complexity index is 729. The van der Waals surface area contributed by atoms with Crippen LogP contribution in [0, 0.1) is 6.92 Å². The summed E-state index contributed by atoms with van der Waals surface area (Å²) in [5.41, 5.74) is 2.22. The lowest BCUT2D eigenvalue weighted by molar-refractivity contribution is 0.110. The van der Waals surface area contributed by atoms with Gasteiger partial charge in [0.15, 0.2) is 5.96 Å². The summed E-state index contributed by atoms with van der Waals surface area (Å²) in [7, 11) is 1.74. The molecule has 7 nitrogen and oxygen atoms in total. The van der Waals surface area contributed by atoms with Crippen LogP contribution >= 0.6 is 24.0 Å². The van der Waals surface area contributed by atoms with E-state index in [1.54, 1.807) is 19.4 Å². The minimum atomic E-state index is 0. The topological polar surface area (TPSA) is 77.0 Å². The normalized spacial score (nSPS) is 10.8. The van der Waals surface area contributed by atoms with Gasteiger partial charge in [0.2, 0.25) is 0 Å². The summed E-state index contributed by atoms with van der Waals surface area (Å²) in [6, 6.07) is 9.91. The lowest BCUT2D eigenvalue weighted by Crippen LogP contribution is -2.39. The van der Waals surface area contributed by atoms with E-state index in [0.29, 0.717) is 45.5 Å². The second kappa shape index (κ2) is 14.9. The first-order valence-corrected chi connectivity index (χ1v) is 9.50. The number of halogens is 1. The van der Waals surface area contributed by atoms with E-state index in [2.05, 4.69) is 39.7 Å². The fraction of sp³-hybridized carbons (Fsp3) is 0.429. The van der Waals surface area contributed by atoms with Crippen molar-refractivity contribution < 1.29 is 14.2 Å². The Kier molecular flexibility index (Phi) is 12.8. The van der Waals surface area contributed by atoms with E-state index in [-0.39, 0.29) is 24.0 Å². The van der Waals surface area contributed by atoms with Crippen LogP contribution in [0.1, 0.15) is 18.1 Å². The number of nitrogens with one attached hydrogen (secondary N) is 2. The summed E-state index contributed by atoms with van der Waals surface area (Å²) in [6.07, 6.45) is 3.41. The van der Waals surface area contributed by atoms with Crippen molar-refractivity contribution in [3.8, 4) is 11.5 Å². The highest BCUT2D eigenvalue weighted by Crippen LogP contribution is 2.20. The van der Waals surface area contributed by atoms with Gasteiger partial charge < -0.3 is 24.8 Å². The van der Waals surface area contributed by atoms with E-state index in [1.165, 1.54) is 0 Å². The van der Waals surface area contributed by atoms with Gasteiger partial charge in [-0.3, -0.25) is 9.98 Å². The van der Waals surface area contributed by atoms with E-state index < -0.39 is 0 Å². The number of pyridine rings is 1. The molecule has 1 aromatic heterocycles. The van der Waals surface area contributed by atoms with E-state index in [4.69, 9.17) is 14.2 Å². The Morgan fingerprint density at radius 1 is 1.10 bits per heavy atom. The average molecular weight is 514 g/mol. The molecule has 1 aromatic carbocycles. The zero-order valence-corrected chi connectivity index (χ0v) is 19.6. The summed E-state index contributed by atoms with van der Waals surface area (Å²) in [4.78, 5) is 8.27. The number of ether oxygens (including phenoxy) is 3. The molecule has 0 aliphatic carbocycles. The van der Waals surface area contributed by atoms with Gasteiger partial charge >= 0.3 is 0 Å². The maximum Gasteiger partial charge on any atom is 0.191 e. The molecule has 0 saturated heterocycles. The van der Waals surface area contributed by atoms with Crippen molar-refractivity contribution in [3.63, 3.8) is 0 Å². The van der Waals surface area contributed by atoms with E-state index in [0.717, 1.165) is 22.6 Å². The Hall–Kier alpha value is -2.07. The van der Waals surface area contributed by atoms with Gasteiger partial charge in [-0.1, -0.05) is 12.1 Å². The fourth-order valence-electron chi connectivity index (χ4n) is 2.47. The van der Waals surface area contributed by atoms with Crippen LogP contribution in [0.25, 0.3) is 0 Å². The van der Waals surface area contributed by atoms with Crippen LogP contribution in [0.3, 0.4) is 0 Å². The van der Waals surface area contributed by atoms with Gasteiger partial charge in [0.05, 0.1) is 19.3 Å². The van der Waals surface area contributed by atoms with Gasteiger partial charge in [0.25, 0.3) is 0 Å². The van der Waals surface area contributed by atoms with Gasteiger partial charge in [-0.05, 0) is 37.6 Å². The molecule has 0 radical (unpaired) electrons. The minimum Gasteiger partial charge on any atom is -0.491 e. The molecule has 160 valence electrons. The predicted molar refractivity (Wildman–Crippen MR) is 127 cm³/mol.